The van der Waals surface area contributed by atoms with Crippen LogP contribution in [0, 0.1) is 12.7 Å². The molecule has 0 radical (unpaired) electrons. The van der Waals surface area contributed by atoms with Gasteiger partial charge in [0.1, 0.15) is 5.82 Å². The number of nitrogens with one attached hydrogen (secondary N) is 1. The van der Waals surface area contributed by atoms with Crippen LogP contribution in [0.4, 0.5) is 4.39 Å². The van der Waals surface area contributed by atoms with Crippen LogP contribution in [0.25, 0.3) is 0 Å². The molecular weight excluding hydrogens is 497 g/mol. The molecule has 0 saturated carbocycles. The van der Waals surface area contributed by atoms with Gasteiger partial charge < -0.3 is 0 Å². The average molecular weight is 518 g/mol. The minimum absolute atomic E-state index is 0.00310. The fraction of sp³-hybridized carbons (Fsp3) is 0.130. The molecule has 3 aromatic carbocycles. The Bertz CT molecular complexity index is 1210. The van der Waals surface area contributed by atoms with E-state index in [9.17, 15) is 17.6 Å². The molecule has 0 bridgehead atoms. The number of amides is 1. The number of hydrogen-bond acceptors (Lipinski definition) is 4. The molecule has 0 aliphatic heterocycles. The first-order valence-electron chi connectivity index (χ1n) is 9.63. The third-order valence-corrected chi connectivity index (χ3v) is 6.88. The zero-order valence-electron chi connectivity index (χ0n) is 17.2. The van der Waals surface area contributed by atoms with E-state index < -0.39 is 28.3 Å². The van der Waals surface area contributed by atoms with Crippen LogP contribution in [0.2, 0.25) is 0 Å². The van der Waals surface area contributed by atoms with Gasteiger partial charge in [0.25, 0.3) is 5.91 Å². The quantitative estimate of drug-likeness (QED) is 0.358. The van der Waals surface area contributed by atoms with E-state index in [0.717, 1.165) is 19.9 Å². The van der Waals surface area contributed by atoms with Gasteiger partial charge in [0.05, 0.1) is 17.7 Å². The van der Waals surface area contributed by atoms with E-state index in [4.69, 9.17) is 0 Å². The molecule has 32 heavy (non-hydrogen) atoms. The lowest BCUT2D eigenvalue weighted by Gasteiger charge is -2.21. The number of halogens is 2. The molecule has 0 aliphatic carbocycles. The Balaban J connectivity index is 1.80. The van der Waals surface area contributed by atoms with Crippen molar-refractivity contribution >= 4 is 38.1 Å². The Morgan fingerprint density at radius 2 is 1.72 bits per heavy atom. The van der Waals surface area contributed by atoms with E-state index >= 15 is 0 Å². The molecule has 0 fully saturated rings. The highest BCUT2D eigenvalue weighted by atomic mass is 79.9. The van der Waals surface area contributed by atoms with Gasteiger partial charge in [-0.15, -0.1) is 0 Å². The predicted molar refractivity (Wildman–Crippen MR) is 125 cm³/mol. The van der Waals surface area contributed by atoms with Crippen LogP contribution >= 0.6 is 15.9 Å². The summed E-state index contributed by atoms with van der Waals surface area (Å²) in [4.78, 5) is 12.5. The van der Waals surface area contributed by atoms with Crippen molar-refractivity contribution in [3.8, 4) is 0 Å². The lowest BCUT2D eigenvalue weighted by Crippen LogP contribution is -2.39. The number of nitrogens with zero attached hydrogens (tertiary/aromatic N) is 2. The normalized spacial score (nSPS) is 11.8. The van der Waals surface area contributed by atoms with Gasteiger partial charge in [-0.05, 0) is 42.8 Å². The maximum absolute atomic E-state index is 13.7. The summed E-state index contributed by atoms with van der Waals surface area (Å²) in [6.07, 6.45) is 1.17. The van der Waals surface area contributed by atoms with E-state index in [0.29, 0.717) is 0 Å². The number of benzene rings is 3. The first kappa shape index (κ1) is 23.8. The SMILES string of the molecule is Cc1ccc(CN(CC(=O)N/N=C\c2ccccc2F)S(=O)(=O)c2ccc(Br)cc2)cc1. The molecule has 0 atom stereocenters. The van der Waals surface area contributed by atoms with E-state index in [2.05, 4.69) is 26.5 Å². The molecule has 3 rings (SSSR count). The highest BCUT2D eigenvalue weighted by Gasteiger charge is 2.27. The Labute approximate surface area is 195 Å². The van der Waals surface area contributed by atoms with Gasteiger partial charge in [0, 0.05) is 16.6 Å². The van der Waals surface area contributed by atoms with Crippen LogP contribution in [0.3, 0.4) is 0 Å². The molecule has 166 valence electrons. The molecule has 0 aliphatic rings. The summed E-state index contributed by atoms with van der Waals surface area (Å²) in [5.74, 6) is -1.13. The zero-order chi connectivity index (χ0) is 23.1. The van der Waals surface area contributed by atoms with Crippen molar-refractivity contribution in [2.45, 2.75) is 18.4 Å². The molecule has 9 heteroatoms. The highest BCUT2D eigenvalue weighted by molar-refractivity contribution is 9.10. The van der Waals surface area contributed by atoms with E-state index in [1.54, 1.807) is 24.3 Å². The molecule has 0 heterocycles. The second-order valence-corrected chi connectivity index (χ2v) is 9.88. The summed E-state index contributed by atoms with van der Waals surface area (Å²) in [7, 11) is -3.97. The van der Waals surface area contributed by atoms with Crippen molar-refractivity contribution in [2.24, 2.45) is 5.10 Å². The Morgan fingerprint density at radius 3 is 2.38 bits per heavy atom. The number of sulfonamides is 1. The summed E-state index contributed by atoms with van der Waals surface area (Å²) in [5, 5.41) is 3.75. The molecule has 1 N–H and O–H groups in total. The van der Waals surface area contributed by atoms with Crippen molar-refractivity contribution < 1.29 is 17.6 Å². The minimum atomic E-state index is -3.97. The molecule has 0 saturated heterocycles. The van der Waals surface area contributed by atoms with Gasteiger partial charge >= 0.3 is 0 Å². The molecule has 0 unspecified atom stereocenters. The van der Waals surface area contributed by atoms with Crippen molar-refractivity contribution in [3.05, 3.63) is 99.8 Å². The van der Waals surface area contributed by atoms with Crippen LogP contribution in [0.5, 0.6) is 0 Å². The first-order chi connectivity index (χ1) is 15.3. The van der Waals surface area contributed by atoms with Crippen LogP contribution < -0.4 is 5.43 Å². The van der Waals surface area contributed by atoms with Gasteiger partial charge in [-0.2, -0.15) is 9.41 Å². The number of rotatable bonds is 8. The summed E-state index contributed by atoms with van der Waals surface area (Å²) in [5.41, 5.74) is 4.24. The second kappa shape index (κ2) is 10.6. The Kier molecular flexibility index (Phi) is 7.89. The smallest absolute Gasteiger partial charge is 0.255 e. The molecule has 0 spiro atoms. The van der Waals surface area contributed by atoms with Gasteiger partial charge in [-0.3, -0.25) is 4.79 Å². The van der Waals surface area contributed by atoms with Gasteiger partial charge in [0.2, 0.25) is 10.0 Å². The van der Waals surface area contributed by atoms with Gasteiger partial charge in [0.15, 0.2) is 0 Å². The molecule has 3 aromatic rings. The number of carbonyl (C=O) groups is 1. The molecular formula is C23H21BrFN3O3S. The minimum Gasteiger partial charge on any atom is -0.272 e. The molecule has 6 nitrogen and oxygen atoms in total. The van der Waals surface area contributed by atoms with E-state index in [1.165, 1.54) is 30.5 Å². The van der Waals surface area contributed by atoms with Crippen LogP contribution in [0.15, 0.2) is 87.3 Å². The number of hydrazone groups is 1. The summed E-state index contributed by atoms with van der Waals surface area (Å²) < 4.78 is 42.0. The lowest BCUT2D eigenvalue weighted by atomic mass is 10.1. The topological polar surface area (TPSA) is 78.8 Å². The summed E-state index contributed by atoms with van der Waals surface area (Å²) >= 11 is 3.29. The van der Waals surface area contributed by atoms with E-state index in [-0.39, 0.29) is 17.0 Å². The lowest BCUT2D eigenvalue weighted by molar-refractivity contribution is -0.121. The maximum atomic E-state index is 13.7. The third kappa shape index (κ3) is 6.32. The maximum Gasteiger partial charge on any atom is 0.255 e. The second-order valence-electron chi connectivity index (χ2n) is 7.03. The molecule has 1 amide bonds. The van der Waals surface area contributed by atoms with Gasteiger partial charge in [-0.1, -0.05) is 64.0 Å². The van der Waals surface area contributed by atoms with Crippen LogP contribution in [-0.2, 0) is 21.4 Å². The van der Waals surface area contributed by atoms with Crippen molar-refractivity contribution in [1.29, 1.82) is 0 Å². The fourth-order valence-electron chi connectivity index (χ4n) is 2.83. The number of aryl methyl sites for hydroxylation is 1. The number of hydrogen-bond donors (Lipinski definition) is 1. The van der Waals surface area contributed by atoms with Crippen molar-refractivity contribution in [2.75, 3.05) is 6.54 Å². The Hall–Kier alpha value is -2.88. The fourth-order valence-corrected chi connectivity index (χ4v) is 4.48. The monoisotopic (exact) mass is 517 g/mol. The summed E-state index contributed by atoms with van der Waals surface area (Å²) in [6.45, 7) is 1.48. The van der Waals surface area contributed by atoms with Crippen LogP contribution in [0.1, 0.15) is 16.7 Å². The molecule has 0 aromatic heterocycles. The van der Waals surface area contributed by atoms with Crippen LogP contribution in [-0.4, -0.2) is 31.4 Å². The first-order valence-corrected chi connectivity index (χ1v) is 11.9. The zero-order valence-corrected chi connectivity index (χ0v) is 19.6. The predicted octanol–water partition coefficient (Wildman–Crippen LogP) is 4.24. The van der Waals surface area contributed by atoms with Crippen molar-refractivity contribution in [1.82, 2.24) is 9.73 Å². The average Bonchev–Trinajstić information content (AvgIpc) is 2.76. The van der Waals surface area contributed by atoms with Gasteiger partial charge in [-0.25, -0.2) is 18.2 Å². The third-order valence-electron chi connectivity index (χ3n) is 4.55. The summed E-state index contributed by atoms with van der Waals surface area (Å²) in [6, 6.07) is 19.5. The largest absolute Gasteiger partial charge is 0.272 e. The number of carbonyl (C=O) groups excluding carboxylic acids is 1. The highest BCUT2D eigenvalue weighted by Crippen LogP contribution is 2.21. The standard InChI is InChI=1S/C23H21BrFN3O3S/c1-17-6-8-18(9-7-17)15-28(32(30,31)21-12-10-20(24)11-13-21)16-23(29)27-26-14-19-4-2-3-5-22(19)25/h2-14H,15-16H2,1H3,(H,27,29)/b26-14-. The van der Waals surface area contributed by atoms with E-state index in [1.807, 2.05) is 31.2 Å². The Morgan fingerprint density at radius 1 is 1.06 bits per heavy atom. The van der Waals surface area contributed by atoms with Crippen molar-refractivity contribution in [3.63, 3.8) is 0 Å².